The third kappa shape index (κ3) is 22.4. The molecule has 0 spiro atoms. The second-order valence-corrected chi connectivity index (χ2v) is 29.9. The molecule has 19 atom stereocenters. The van der Waals surface area contributed by atoms with E-state index in [1.807, 2.05) is 0 Å². The van der Waals surface area contributed by atoms with Crippen LogP contribution in [0.3, 0.4) is 0 Å². The fourth-order valence-corrected chi connectivity index (χ4v) is 14.7. The summed E-state index contributed by atoms with van der Waals surface area (Å²) in [5.74, 6) is -11.5. The molecule has 30 nitrogen and oxygen atoms in total. The van der Waals surface area contributed by atoms with Crippen LogP contribution in [0.1, 0.15) is 121 Å². The van der Waals surface area contributed by atoms with Crippen molar-refractivity contribution in [3.8, 4) is 0 Å². The van der Waals surface area contributed by atoms with Crippen LogP contribution in [0.25, 0.3) is 0 Å². The summed E-state index contributed by atoms with van der Waals surface area (Å²) in [4.78, 5) is 163. The number of carbonyl (C=O) groups is 11. The lowest BCUT2D eigenvalue weighted by Gasteiger charge is -2.49. The molecular formula is C100H84O30. The van der Waals surface area contributed by atoms with Gasteiger partial charge in [-0.2, -0.15) is 0 Å². The van der Waals surface area contributed by atoms with Crippen molar-refractivity contribution in [1.29, 1.82) is 0 Å². The number of hydrogen-bond acceptors (Lipinski definition) is 30. The van der Waals surface area contributed by atoms with E-state index in [9.17, 15) is 38.7 Å². The van der Waals surface area contributed by atoms with Crippen LogP contribution in [-0.2, 0) is 85.3 Å². The predicted octanol–water partition coefficient (Wildman–Crippen LogP) is 12.4. The van der Waals surface area contributed by atoms with Crippen molar-refractivity contribution in [2.75, 3.05) is 19.8 Å². The summed E-state index contributed by atoms with van der Waals surface area (Å²) in [5, 5.41) is 13.4. The summed E-state index contributed by atoms with van der Waals surface area (Å²) in [6.45, 7) is -1.26. The van der Waals surface area contributed by atoms with Gasteiger partial charge in [0.2, 0.25) is 0 Å². The topological polar surface area (TPSA) is 374 Å². The first kappa shape index (κ1) is 90.1. The first-order chi connectivity index (χ1) is 63.4. The van der Waals surface area contributed by atoms with E-state index >= 15 is 19.2 Å². The van der Waals surface area contributed by atoms with E-state index in [1.165, 1.54) is 201 Å². The number of esters is 11. The lowest BCUT2D eigenvalue weighted by molar-refractivity contribution is -0.378. The summed E-state index contributed by atoms with van der Waals surface area (Å²) >= 11 is 0. The highest BCUT2D eigenvalue weighted by Gasteiger charge is 2.61. The molecule has 4 saturated heterocycles. The van der Waals surface area contributed by atoms with Gasteiger partial charge in [0.15, 0.2) is 92.3 Å². The Bertz CT molecular complexity index is 5660. The minimum absolute atomic E-state index is 0.00602. The number of ether oxygens (including phenoxy) is 18. The zero-order valence-corrected chi connectivity index (χ0v) is 69.1. The molecule has 0 aliphatic carbocycles. The molecule has 15 rings (SSSR count). The predicted molar refractivity (Wildman–Crippen MR) is 452 cm³/mol. The Kier molecular flexibility index (Phi) is 29.9. The lowest BCUT2D eigenvalue weighted by Crippen LogP contribution is -2.67. The summed E-state index contributed by atoms with van der Waals surface area (Å²) in [5.41, 5.74) is -0.478. The van der Waals surface area contributed by atoms with E-state index in [4.69, 9.17) is 85.3 Å². The quantitative estimate of drug-likeness (QED) is 0.0311. The number of rotatable bonds is 31. The Morgan fingerprint density at radius 1 is 0.215 bits per heavy atom. The number of carbonyl (C=O) groups excluding carboxylic acids is 11. The van der Waals surface area contributed by atoms with Crippen LogP contribution < -0.4 is 0 Å². The van der Waals surface area contributed by atoms with Crippen LogP contribution in [0.5, 0.6) is 0 Å². The Morgan fingerprint density at radius 2 is 0.415 bits per heavy atom. The standard InChI is InChI=1S/C100H84O30/c1-60-75(120-88(103)63-39-17-4-18-40-63)79(124-92(107)67-47-25-8-26-48-67)84(128-96(111)71-55-33-12-34-56-71)98(116-60)115-59-72-76(121-89(104)64-41-19-5-20-42-64)80(125-93(108)68-49-27-9-28-50-68)82(97(112)117-72)129-100-85(81(126-94(109)69-51-29-10-30-52-69)77(122-90(105)65-43-21-6-22-44-65)73(118-100)57-113-86(101)61-35-13-2-14-36-61)130-99-83(127-95(110)70-53-31-11-32-54-70)78(123-91(106)66-45-23-7-24-46-66)74(119-99)58-114-87(102)62-37-15-3-16-38-62/h2-56,60,72-85,97-100,112H,57-59H2,1H3/t60-,72+,73+,74+,75-,76+,77+,78+,79+,80-,81-,82+,83-,84+,85-,97-,98+,99+,100+/m0/s1. The van der Waals surface area contributed by atoms with Gasteiger partial charge in [0.25, 0.3) is 0 Å². The van der Waals surface area contributed by atoms with Crippen LogP contribution in [-0.4, -0.2) is 207 Å². The molecule has 130 heavy (non-hydrogen) atoms. The first-order valence-electron chi connectivity index (χ1n) is 41.4. The van der Waals surface area contributed by atoms with Crippen molar-refractivity contribution in [2.24, 2.45) is 0 Å². The third-order valence-electron chi connectivity index (χ3n) is 21.3. The van der Waals surface area contributed by atoms with Gasteiger partial charge in [0.1, 0.15) is 31.5 Å². The second kappa shape index (κ2) is 43.2. The maximum Gasteiger partial charge on any atom is 0.338 e. The second-order valence-electron chi connectivity index (χ2n) is 29.9. The Hall–Kier alpha value is -14.7. The maximum absolute atomic E-state index is 15.4. The van der Waals surface area contributed by atoms with Crippen LogP contribution >= 0.6 is 0 Å². The minimum atomic E-state index is -2.54. The van der Waals surface area contributed by atoms with Gasteiger partial charge in [-0.15, -0.1) is 0 Å². The van der Waals surface area contributed by atoms with Crippen molar-refractivity contribution < 1.29 is 143 Å². The van der Waals surface area contributed by atoms with Crippen molar-refractivity contribution >= 4 is 65.7 Å². The summed E-state index contributed by atoms with van der Waals surface area (Å²) in [6.07, 6.45) is -38.7. The van der Waals surface area contributed by atoms with E-state index in [0.29, 0.717) is 0 Å². The highest BCUT2D eigenvalue weighted by Crippen LogP contribution is 2.41. The fraction of sp³-hybridized carbons (Fsp3) is 0.230. The lowest BCUT2D eigenvalue weighted by atomic mass is 9.95. The molecule has 4 aliphatic heterocycles. The van der Waals surface area contributed by atoms with Gasteiger partial charge in [-0.25, -0.2) is 52.7 Å². The van der Waals surface area contributed by atoms with E-state index in [-0.39, 0.29) is 61.2 Å². The van der Waals surface area contributed by atoms with Gasteiger partial charge in [0.05, 0.1) is 73.9 Å². The zero-order chi connectivity index (χ0) is 90.4. The number of aliphatic hydroxyl groups excluding tert-OH is 1. The Labute approximate surface area is 743 Å². The minimum Gasteiger partial charge on any atom is -0.459 e. The maximum atomic E-state index is 15.4. The molecular weight excluding hydrogens is 1680 g/mol. The molecule has 0 saturated carbocycles. The molecule has 0 amide bonds. The molecule has 11 aromatic rings. The average Bonchev–Trinajstić information content (AvgIpc) is 1.05. The van der Waals surface area contributed by atoms with Gasteiger partial charge in [-0.05, 0) is 140 Å². The molecule has 0 radical (unpaired) electrons. The molecule has 0 aromatic heterocycles. The van der Waals surface area contributed by atoms with Crippen molar-refractivity contribution in [3.63, 3.8) is 0 Å². The van der Waals surface area contributed by atoms with Crippen LogP contribution in [0.4, 0.5) is 0 Å². The highest BCUT2D eigenvalue weighted by molar-refractivity contribution is 5.95. The van der Waals surface area contributed by atoms with E-state index in [0.717, 1.165) is 0 Å². The number of aliphatic hydroxyl groups is 1. The monoisotopic (exact) mass is 1760 g/mol. The first-order valence-corrected chi connectivity index (χ1v) is 41.4. The molecule has 4 aliphatic rings. The van der Waals surface area contributed by atoms with Crippen molar-refractivity contribution in [3.05, 3.63) is 395 Å². The molecule has 0 bridgehead atoms. The Morgan fingerprint density at radius 3 is 0.700 bits per heavy atom. The third-order valence-corrected chi connectivity index (χ3v) is 21.3. The number of benzene rings is 11. The van der Waals surface area contributed by atoms with E-state index in [2.05, 4.69) is 0 Å². The summed E-state index contributed by atoms with van der Waals surface area (Å²) in [7, 11) is 0. The van der Waals surface area contributed by atoms with Crippen molar-refractivity contribution in [1.82, 2.24) is 0 Å². The van der Waals surface area contributed by atoms with Crippen LogP contribution in [0.2, 0.25) is 0 Å². The molecule has 30 heteroatoms. The Balaban J connectivity index is 0.874. The smallest absolute Gasteiger partial charge is 0.338 e. The summed E-state index contributed by atoms with van der Waals surface area (Å²) in [6, 6.07) is 83.0. The fourth-order valence-electron chi connectivity index (χ4n) is 14.7. The largest absolute Gasteiger partial charge is 0.459 e. The van der Waals surface area contributed by atoms with Gasteiger partial charge >= 0.3 is 65.7 Å². The molecule has 0 unspecified atom stereocenters. The van der Waals surface area contributed by atoms with E-state index in [1.54, 1.807) is 140 Å². The van der Waals surface area contributed by atoms with Crippen molar-refractivity contribution in [2.45, 2.75) is 124 Å². The van der Waals surface area contributed by atoms with E-state index < -0.39 is 202 Å². The van der Waals surface area contributed by atoms with Crippen LogP contribution in [0, 0.1) is 0 Å². The number of hydrogen-bond donors (Lipinski definition) is 1. The highest BCUT2D eigenvalue weighted by atomic mass is 16.8. The van der Waals surface area contributed by atoms with Gasteiger partial charge in [-0.3, -0.25) is 0 Å². The normalized spacial score (nSPS) is 24.4. The molecule has 4 heterocycles. The zero-order valence-electron chi connectivity index (χ0n) is 69.1. The molecule has 11 aromatic carbocycles. The van der Waals surface area contributed by atoms with Gasteiger partial charge in [0, 0.05) is 0 Å². The van der Waals surface area contributed by atoms with Crippen LogP contribution in [0.15, 0.2) is 334 Å². The van der Waals surface area contributed by atoms with Gasteiger partial charge < -0.3 is 90.4 Å². The summed E-state index contributed by atoms with van der Waals surface area (Å²) < 4.78 is 117. The van der Waals surface area contributed by atoms with Gasteiger partial charge in [-0.1, -0.05) is 200 Å². The molecule has 4 fully saturated rings. The average molecular weight is 1770 g/mol. The molecule has 1 N–H and O–H groups in total. The SMILES string of the molecule is C[C@@H]1O[C@@H](OC[C@H]2O[C@H](O)[C@H](O[C@H]3O[C@H](COC(=O)c4ccccc4)[C@@H](OC(=O)c4ccccc4)[C@H](OC(=O)c4ccccc4)[C@@H]3O[C@H]3O[C@H](COC(=O)c4ccccc4)[C@@H](OC(=O)c4ccccc4)[C@@H]3OC(=O)c3ccccc3)[C@@H](OC(=O)c3ccccc3)[C@@H]2OC(=O)c2ccccc2)[C@H](OC(=O)c2ccccc2)[C@H](OC(=O)c2ccccc2)[C@H]1OC(=O)c1ccccc1. The molecule has 664 valence electrons.